The molecule has 1 unspecified atom stereocenters. The lowest BCUT2D eigenvalue weighted by molar-refractivity contribution is -0.166. The molecule has 2 aliphatic rings. The number of hydrogen-bond acceptors (Lipinski definition) is 3. The summed E-state index contributed by atoms with van der Waals surface area (Å²) < 4.78 is 29.2. The molecule has 2 saturated heterocycles. The first-order valence-electron chi connectivity index (χ1n) is 9.69. The van der Waals surface area contributed by atoms with Crippen molar-refractivity contribution in [1.29, 1.82) is 0 Å². The van der Waals surface area contributed by atoms with Gasteiger partial charge in [-0.2, -0.15) is 0 Å². The van der Waals surface area contributed by atoms with Gasteiger partial charge in [-0.05, 0) is 53.1 Å². The molecular formula is C20H34F2N2O2. The second-order valence-electron chi connectivity index (χ2n) is 9.91. The number of likely N-dealkylation sites (tertiary alicyclic amines) is 2. The molecule has 2 aliphatic heterocycles. The van der Waals surface area contributed by atoms with E-state index in [9.17, 15) is 18.4 Å². The molecule has 0 radical (unpaired) electrons. The van der Waals surface area contributed by atoms with Crippen LogP contribution < -0.4 is 0 Å². The van der Waals surface area contributed by atoms with Crippen LogP contribution >= 0.6 is 0 Å². The highest BCUT2D eigenvalue weighted by atomic mass is 19.3. The van der Waals surface area contributed by atoms with E-state index < -0.39 is 29.6 Å². The molecule has 26 heavy (non-hydrogen) atoms. The molecule has 150 valence electrons. The van der Waals surface area contributed by atoms with Gasteiger partial charge in [0.1, 0.15) is 5.78 Å². The van der Waals surface area contributed by atoms with Crippen molar-refractivity contribution in [1.82, 2.24) is 9.80 Å². The van der Waals surface area contributed by atoms with E-state index >= 15 is 0 Å². The van der Waals surface area contributed by atoms with Crippen LogP contribution in [0.15, 0.2) is 0 Å². The van der Waals surface area contributed by atoms with Crippen molar-refractivity contribution in [3.63, 3.8) is 0 Å². The molecule has 1 amide bonds. The lowest BCUT2D eigenvalue weighted by Crippen LogP contribution is -2.56. The Morgan fingerprint density at radius 1 is 0.923 bits per heavy atom. The van der Waals surface area contributed by atoms with Crippen LogP contribution in [0, 0.1) is 17.3 Å². The third-order valence-corrected chi connectivity index (χ3v) is 5.76. The summed E-state index contributed by atoms with van der Waals surface area (Å²) in [5, 5.41) is 0. The maximum Gasteiger partial charge on any atom is 0.274 e. The summed E-state index contributed by atoms with van der Waals surface area (Å²) >= 11 is 0. The number of piperidine rings is 2. The lowest BCUT2D eigenvalue weighted by atomic mass is 9.77. The Labute approximate surface area is 156 Å². The predicted octanol–water partition coefficient (Wildman–Crippen LogP) is 3.60. The minimum atomic E-state index is -3.15. The summed E-state index contributed by atoms with van der Waals surface area (Å²) in [6, 6.07) is 0. The Hall–Kier alpha value is -1.04. The Morgan fingerprint density at radius 3 is 1.88 bits per heavy atom. The van der Waals surface area contributed by atoms with Gasteiger partial charge in [-0.1, -0.05) is 20.8 Å². The molecule has 6 heteroatoms. The van der Waals surface area contributed by atoms with E-state index in [1.165, 1.54) is 4.90 Å². The Kier molecular flexibility index (Phi) is 5.87. The van der Waals surface area contributed by atoms with Gasteiger partial charge in [-0.15, -0.1) is 0 Å². The first-order chi connectivity index (χ1) is 11.7. The summed E-state index contributed by atoms with van der Waals surface area (Å²) in [4.78, 5) is 28.7. The molecule has 0 saturated carbocycles. The van der Waals surface area contributed by atoms with Crippen molar-refractivity contribution in [3.05, 3.63) is 0 Å². The van der Waals surface area contributed by atoms with E-state index in [2.05, 4.69) is 25.7 Å². The number of Topliss-reactive ketones (excluding diaryl/α,β-unsaturated/α-hetero) is 1. The topological polar surface area (TPSA) is 40.6 Å². The van der Waals surface area contributed by atoms with E-state index in [1.54, 1.807) is 20.8 Å². The van der Waals surface area contributed by atoms with E-state index in [0.717, 1.165) is 13.1 Å². The largest absolute Gasteiger partial charge is 0.336 e. The third kappa shape index (κ3) is 4.62. The number of amides is 1. The number of hydrogen-bond donors (Lipinski definition) is 0. The molecule has 0 spiro atoms. The smallest absolute Gasteiger partial charge is 0.274 e. The van der Waals surface area contributed by atoms with Gasteiger partial charge in [0.05, 0.1) is 12.5 Å². The van der Waals surface area contributed by atoms with Crippen LogP contribution in [0.1, 0.15) is 60.8 Å². The molecule has 2 heterocycles. The third-order valence-electron chi connectivity index (χ3n) is 5.76. The maximum absolute atomic E-state index is 14.6. The van der Waals surface area contributed by atoms with E-state index in [4.69, 9.17) is 0 Å². The highest BCUT2D eigenvalue weighted by Crippen LogP contribution is 2.38. The maximum atomic E-state index is 14.6. The van der Waals surface area contributed by atoms with Crippen molar-refractivity contribution in [2.24, 2.45) is 17.3 Å². The molecule has 4 nitrogen and oxygen atoms in total. The van der Waals surface area contributed by atoms with Crippen molar-refractivity contribution in [2.45, 2.75) is 72.3 Å². The van der Waals surface area contributed by atoms with Crippen LogP contribution in [0.4, 0.5) is 8.78 Å². The molecular weight excluding hydrogens is 338 g/mol. The Balaban J connectivity index is 1.98. The Morgan fingerprint density at radius 2 is 1.46 bits per heavy atom. The first kappa shape index (κ1) is 21.3. The van der Waals surface area contributed by atoms with Crippen LogP contribution in [0.25, 0.3) is 0 Å². The van der Waals surface area contributed by atoms with Gasteiger partial charge in [-0.25, -0.2) is 8.78 Å². The Bertz CT molecular complexity index is 541. The van der Waals surface area contributed by atoms with Gasteiger partial charge in [0.2, 0.25) is 5.91 Å². The standard InChI is InChI=1S/C20H34F2N2O2/c1-18(2,3)16(25)15-9-10-23(13-20(15,21)22)17(26)14-7-11-24(12-8-14)19(4,5)6/h14-15H,7-13H2,1-6H3. The number of carbonyl (C=O) groups is 2. The number of carbonyl (C=O) groups excluding carboxylic acids is 2. The number of alkyl halides is 2. The summed E-state index contributed by atoms with van der Waals surface area (Å²) in [6.45, 7) is 12.7. The zero-order valence-electron chi connectivity index (χ0n) is 17.1. The molecule has 0 N–H and O–H groups in total. The predicted molar refractivity (Wildman–Crippen MR) is 98.1 cm³/mol. The number of nitrogens with zero attached hydrogens (tertiary/aromatic N) is 2. The van der Waals surface area contributed by atoms with E-state index in [0.29, 0.717) is 12.8 Å². The number of rotatable bonds is 2. The second-order valence-corrected chi connectivity index (χ2v) is 9.91. The molecule has 2 rings (SSSR count). The zero-order chi connectivity index (χ0) is 19.9. The van der Waals surface area contributed by atoms with Gasteiger partial charge >= 0.3 is 0 Å². The minimum Gasteiger partial charge on any atom is -0.336 e. The molecule has 0 aliphatic carbocycles. The van der Waals surface area contributed by atoms with Crippen LogP contribution in [-0.2, 0) is 9.59 Å². The average molecular weight is 373 g/mol. The molecule has 0 aromatic rings. The van der Waals surface area contributed by atoms with Crippen molar-refractivity contribution < 1.29 is 18.4 Å². The normalized spacial score (nSPS) is 26.0. The first-order valence-corrected chi connectivity index (χ1v) is 9.69. The number of halogens is 2. The van der Waals surface area contributed by atoms with Gasteiger partial charge in [0.15, 0.2) is 0 Å². The van der Waals surface area contributed by atoms with Gasteiger partial charge in [-0.3, -0.25) is 14.5 Å². The van der Waals surface area contributed by atoms with Crippen LogP contribution in [-0.4, -0.2) is 59.1 Å². The highest BCUT2D eigenvalue weighted by Gasteiger charge is 2.52. The van der Waals surface area contributed by atoms with Crippen molar-refractivity contribution in [3.8, 4) is 0 Å². The quantitative estimate of drug-likeness (QED) is 0.744. The minimum absolute atomic E-state index is 0.0513. The van der Waals surface area contributed by atoms with Crippen molar-refractivity contribution >= 4 is 11.7 Å². The fourth-order valence-corrected chi connectivity index (χ4v) is 4.03. The van der Waals surface area contributed by atoms with Crippen LogP contribution in [0.2, 0.25) is 0 Å². The summed E-state index contributed by atoms with van der Waals surface area (Å²) in [6.07, 6.45) is 1.47. The fraction of sp³-hybridized carbons (Fsp3) is 0.900. The summed E-state index contributed by atoms with van der Waals surface area (Å²) in [5.74, 6) is -5.19. The van der Waals surface area contributed by atoms with E-state index in [1.807, 2.05) is 0 Å². The summed E-state index contributed by atoms with van der Waals surface area (Å²) in [5.41, 5.74) is -0.729. The van der Waals surface area contributed by atoms with Crippen LogP contribution in [0.5, 0.6) is 0 Å². The zero-order valence-corrected chi connectivity index (χ0v) is 17.1. The summed E-state index contributed by atoms with van der Waals surface area (Å²) in [7, 11) is 0. The SMILES string of the molecule is CC(C)(C)C(=O)C1CCN(C(=O)C2CCN(C(C)(C)C)CC2)CC1(F)F. The molecule has 0 aromatic carbocycles. The molecule has 1 atom stereocenters. The van der Waals surface area contributed by atoms with Gasteiger partial charge in [0, 0.05) is 23.4 Å². The van der Waals surface area contributed by atoms with Gasteiger partial charge < -0.3 is 4.90 Å². The second kappa shape index (κ2) is 7.17. The van der Waals surface area contributed by atoms with Crippen LogP contribution in [0.3, 0.4) is 0 Å². The number of ketones is 1. The van der Waals surface area contributed by atoms with Gasteiger partial charge in [0.25, 0.3) is 5.92 Å². The van der Waals surface area contributed by atoms with E-state index in [-0.39, 0.29) is 30.3 Å². The lowest BCUT2D eigenvalue weighted by Gasteiger charge is -2.43. The van der Waals surface area contributed by atoms with Crippen molar-refractivity contribution in [2.75, 3.05) is 26.2 Å². The molecule has 2 fully saturated rings. The average Bonchev–Trinajstić information content (AvgIpc) is 2.51. The highest BCUT2D eigenvalue weighted by molar-refractivity contribution is 5.87. The molecule has 0 aromatic heterocycles. The fourth-order valence-electron chi connectivity index (χ4n) is 4.03. The molecule has 0 bridgehead atoms. The monoisotopic (exact) mass is 372 g/mol.